The molecule has 5 heteroatoms. The van der Waals surface area contributed by atoms with Crippen molar-refractivity contribution < 1.29 is 9.90 Å². The molecule has 0 aliphatic carbocycles. The van der Waals surface area contributed by atoms with Crippen LogP contribution in [0.1, 0.15) is 58.8 Å². The van der Waals surface area contributed by atoms with E-state index >= 15 is 0 Å². The summed E-state index contributed by atoms with van der Waals surface area (Å²) in [6.07, 6.45) is 6.78. The number of nitrogens with zero attached hydrogens (tertiary/aromatic N) is 3. The lowest BCUT2D eigenvalue weighted by Crippen LogP contribution is -1.94. The Morgan fingerprint density at radius 1 is 1.08 bits per heavy atom. The fourth-order valence-electron chi connectivity index (χ4n) is 2.86. The van der Waals surface area contributed by atoms with Gasteiger partial charge in [-0.25, -0.2) is 0 Å². The number of benzene rings is 1. The van der Waals surface area contributed by atoms with Crippen LogP contribution in [0.3, 0.4) is 0 Å². The summed E-state index contributed by atoms with van der Waals surface area (Å²) in [5.74, 6) is -0.143. The van der Waals surface area contributed by atoms with Crippen LogP contribution in [0.4, 0.5) is 5.69 Å². The van der Waals surface area contributed by atoms with E-state index in [4.69, 9.17) is 0 Å². The fraction of sp³-hybridized carbons (Fsp3) is 0.526. The van der Waals surface area contributed by atoms with Crippen molar-refractivity contribution in [3.05, 3.63) is 24.3 Å². The number of amides is 1. The molecule has 2 aromatic rings. The predicted molar refractivity (Wildman–Crippen MR) is 96.8 cm³/mol. The lowest BCUT2D eigenvalue weighted by molar-refractivity contribution is -0.118. The smallest absolute Gasteiger partial charge is 0.264 e. The summed E-state index contributed by atoms with van der Waals surface area (Å²) >= 11 is 0. The summed E-state index contributed by atoms with van der Waals surface area (Å²) in [6.45, 7) is 4.92. The number of unbranched alkanes of at least 4 members (excludes halogenated alkanes) is 4. The van der Waals surface area contributed by atoms with Gasteiger partial charge in [-0.15, -0.1) is 10.2 Å². The van der Waals surface area contributed by atoms with Gasteiger partial charge in [-0.2, -0.15) is 0 Å². The summed E-state index contributed by atoms with van der Waals surface area (Å²) in [7, 11) is 0. The Balaban J connectivity index is 2.09. The minimum absolute atomic E-state index is 0.0811. The average molecular weight is 329 g/mol. The molecule has 1 heterocycles. The summed E-state index contributed by atoms with van der Waals surface area (Å²) in [5, 5.41) is 19.1. The quantitative estimate of drug-likeness (QED) is 0.471. The van der Waals surface area contributed by atoms with E-state index in [1.807, 2.05) is 28.8 Å². The molecule has 130 valence electrons. The molecular formula is C19H27N3O2. The standard InChI is InChI=1S/C19H27N3O2/c1-3-5-6-7-8-13-17(23)20-21-18-15-11-9-10-12-16(15)22(14-4-2)19(18)24/h9-12,24H,3-8,13-14H2,1-2H3. The van der Waals surface area contributed by atoms with Crippen molar-refractivity contribution in [2.45, 2.75) is 65.3 Å². The topological polar surface area (TPSA) is 66.9 Å². The first-order chi connectivity index (χ1) is 11.7. The highest BCUT2D eigenvalue weighted by Crippen LogP contribution is 2.38. The van der Waals surface area contributed by atoms with E-state index in [9.17, 15) is 9.90 Å². The third kappa shape index (κ3) is 4.43. The van der Waals surface area contributed by atoms with Gasteiger partial charge in [0.2, 0.25) is 5.88 Å². The van der Waals surface area contributed by atoms with E-state index in [0.717, 1.165) is 36.6 Å². The first kappa shape index (κ1) is 18.2. The van der Waals surface area contributed by atoms with Crippen molar-refractivity contribution in [3.63, 3.8) is 0 Å². The number of azo groups is 1. The van der Waals surface area contributed by atoms with Gasteiger partial charge in [0, 0.05) is 18.4 Å². The number of aromatic hydroxyl groups is 1. The van der Waals surface area contributed by atoms with Crippen LogP contribution in [0, 0.1) is 0 Å². The molecule has 0 saturated heterocycles. The lowest BCUT2D eigenvalue weighted by atomic mass is 10.1. The third-order valence-corrected chi connectivity index (χ3v) is 4.12. The van der Waals surface area contributed by atoms with Crippen molar-refractivity contribution in [1.29, 1.82) is 0 Å². The number of rotatable bonds is 9. The van der Waals surface area contributed by atoms with Crippen LogP contribution < -0.4 is 0 Å². The monoisotopic (exact) mass is 329 g/mol. The molecule has 1 N–H and O–H groups in total. The summed E-state index contributed by atoms with van der Waals surface area (Å²) in [5.41, 5.74) is 1.30. The molecule has 0 radical (unpaired) electrons. The molecule has 0 fully saturated rings. The van der Waals surface area contributed by atoms with E-state index < -0.39 is 0 Å². The molecule has 5 nitrogen and oxygen atoms in total. The van der Waals surface area contributed by atoms with E-state index in [0.29, 0.717) is 18.7 Å². The molecule has 0 unspecified atom stereocenters. The predicted octanol–water partition coefficient (Wildman–Crippen LogP) is 5.73. The third-order valence-electron chi connectivity index (χ3n) is 4.12. The zero-order valence-electron chi connectivity index (χ0n) is 14.7. The van der Waals surface area contributed by atoms with Gasteiger partial charge in [-0.1, -0.05) is 57.7 Å². The number of fused-ring (bicyclic) bond motifs is 1. The van der Waals surface area contributed by atoms with Crippen LogP contribution in [-0.2, 0) is 11.3 Å². The zero-order valence-corrected chi connectivity index (χ0v) is 14.7. The Kier molecular flexibility index (Phi) is 6.97. The van der Waals surface area contributed by atoms with E-state index in [1.54, 1.807) is 0 Å². The maximum atomic E-state index is 11.9. The zero-order chi connectivity index (χ0) is 17.4. The molecule has 24 heavy (non-hydrogen) atoms. The van der Waals surface area contributed by atoms with Crippen molar-refractivity contribution >= 4 is 22.5 Å². The highest BCUT2D eigenvalue weighted by molar-refractivity contribution is 5.95. The Hall–Kier alpha value is -2.17. The number of aryl methyl sites for hydroxylation is 1. The Labute approximate surface area is 143 Å². The molecule has 1 aromatic heterocycles. The molecule has 0 spiro atoms. The maximum absolute atomic E-state index is 11.9. The van der Waals surface area contributed by atoms with Gasteiger partial charge in [0.25, 0.3) is 5.91 Å². The van der Waals surface area contributed by atoms with Crippen LogP contribution in [0.25, 0.3) is 10.9 Å². The Morgan fingerprint density at radius 3 is 2.58 bits per heavy atom. The number of carbonyl (C=O) groups is 1. The molecule has 1 amide bonds. The molecule has 2 rings (SSSR count). The molecule has 1 aromatic carbocycles. The molecule has 0 aliphatic heterocycles. The number of para-hydroxylation sites is 1. The summed E-state index contributed by atoms with van der Waals surface area (Å²) in [4.78, 5) is 11.9. The minimum Gasteiger partial charge on any atom is -0.493 e. The molecule has 0 atom stereocenters. The molecular weight excluding hydrogens is 302 g/mol. The molecule has 0 bridgehead atoms. The number of hydrogen-bond donors (Lipinski definition) is 1. The van der Waals surface area contributed by atoms with Gasteiger partial charge in [-0.05, 0) is 18.9 Å². The highest BCUT2D eigenvalue weighted by atomic mass is 16.3. The van der Waals surface area contributed by atoms with Gasteiger partial charge >= 0.3 is 0 Å². The van der Waals surface area contributed by atoms with Gasteiger partial charge < -0.3 is 9.67 Å². The second-order valence-corrected chi connectivity index (χ2v) is 6.10. The van der Waals surface area contributed by atoms with Crippen LogP contribution in [-0.4, -0.2) is 15.6 Å². The first-order valence-corrected chi connectivity index (χ1v) is 8.93. The Morgan fingerprint density at radius 2 is 1.83 bits per heavy atom. The second-order valence-electron chi connectivity index (χ2n) is 6.10. The lowest BCUT2D eigenvalue weighted by Gasteiger charge is -2.03. The van der Waals surface area contributed by atoms with Crippen molar-refractivity contribution in [3.8, 4) is 5.88 Å². The van der Waals surface area contributed by atoms with Crippen LogP contribution in [0.5, 0.6) is 5.88 Å². The van der Waals surface area contributed by atoms with E-state index in [2.05, 4.69) is 24.1 Å². The van der Waals surface area contributed by atoms with Crippen molar-refractivity contribution in [2.75, 3.05) is 0 Å². The molecule has 0 aliphatic rings. The van der Waals surface area contributed by atoms with Crippen LogP contribution >= 0.6 is 0 Å². The summed E-state index contributed by atoms with van der Waals surface area (Å²) < 4.78 is 1.82. The number of aromatic nitrogens is 1. The Bertz CT molecular complexity index is 704. The second kappa shape index (κ2) is 9.21. The van der Waals surface area contributed by atoms with Crippen molar-refractivity contribution in [1.82, 2.24) is 4.57 Å². The van der Waals surface area contributed by atoms with E-state index in [1.165, 1.54) is 12.8 Å². The fourth-order valence-corrected chi connectivity index (χ4v) is 2.86. The molecule has 0 saturated carbocycles. The minimum atomic E-state index is -0.224. The normalized spacial score (nSPS) is 11.6. The maximum Gasteiger partial charge on any atom is 0.264 e. The average Bonchev–Trinajstić information content (AvgIpc) is 2.85. The largest absolute Gasteiger partial charge is 0.493 e. The SMILES string of the molecule is CCCCCCCC(=O)N=Nc1c(O)n(CCC)c2ccccc12. The van der Waals surface area contributed by atoms with Gasteiger partial charge in [0.05, 0.1) is 5.52 Å². The van der Waals surface area contributed by atoms with Gasteiger partial charge in [-0.3, -0.25) is 4.79 Å². The van der Waals surface area contributed by atoms with Gasteiger partial charge in [0.1, 0.15) is 0 Å². The summed E-state index contributed by atoms with van der Waals surface area (Å²) in [6, 6.07) is 7.66. The number of hydrogen-bond acceptors (Lipinski definition) is 3. The van der Waals surface area contributed by atoms with Crippen LogP contribution in [0.15, 0.2) is 34.5 Å². The van der Waals surface area contributed by atoms with Crippen molar-refractivity contribution in [2.24, 2.45) is 10.2 Å². The first-order valence-electron chi connectivity index (χ1n) is 8.93. The number of carbonyl (C=O) groups excluding carboxylic acids is 1. The van der Waals surface area contributed by atoms with Gasteiger partial charge in [0.15, 0.2) is 5.69 Å². The van der Waals surface area contributed by atoms with E-state index in [-0.39, 0.29) is 11.8 Å². The highest BCUT2D eigenvalue weighted by Gasteiger charge is 2.15. The van der Waals surface area contributed by atoms with Crippen LogP contribution in [0.2, 0.25) is 0 Å².